The number of nitrogens with zero attached hydrogens (tertiary/aromatic N) is 2. The second-order valence-corrected chi connectivity index (χ2v) is 3.52. The van der Waals surface area contributed by atoms with Gasteiger partial charge in [0.2, 0.25) is 5.91 Å². The van der Waals surface area contributed by atoms with Crippen LogP contribution in [0.25, 0.3) is 0 Å². The smallest absolute Gasteiger partial charge is 0.339 e. The van der Waals surface area contributed by atoms with E-state index in [0.29, 0.717) is 6.42 Å². The van der Waals surface area contributed by atoms with Crippen LogP contribution in [0, 0.1) is 0 Å². The van der Waals surface area contributed by atoms with Crippen molar-refractivity contribution in [2.24, 2.45) is 0 Å². The zero-order valence-corrected chi connectivity index (χ0v) is 8.88. The van der Waals surface area contributed by atoms with Gasteiger partial charge in [0.1, 0.15) is 0 Å². The van der Waals surface area contributed by atoms with Crippen LogP contribution < -0.4 is 0 Å². The van der Waals surface area contributed by atoms with Crippen molar-refractivity contribution in [1.29, 1.82) is 0 Å². The van der Waals surface area contributed by atoms with Crippen LogP contribution in [0.2, 0.25) is 0 Å². The molecule has 16 heavy (non-hydrogen) atoms. The number of halogens is 3. The molecule has 0 aliphatic carbocycles. The van der Waals surface area contributed by atoms with Crippen LogP contribution >= 0.6 is 0 Å². The minimum atomic E-state index is -4.82. The third-order valence-electron chi connectivity index (χ3n) is 2.46. The van der Waals surface area contributed by atoms with Crippen molar-refractivity contribution in [1.82, 2.24) is 9.80 Å². The molecule has 7 heteroatoms. The van der Waals surface area contributed by atoms with Crippen molar-refractivity contribution in [3.8, 4) is 0 Å². The highest BCUT2D eigenvalue weighted by Gasteiger charge is 2.43. The number of carbonyl (C=O) groups excluding carboxylic acids is 2. The van der Waals surface area contributed by atoms with Crippen LogP contribution in [0.3, 0.4) is 0 Å². The Morgan fingerprint density at radius 1 is 1.06 bits per heavy atom. The number of hydrogen-bond donors (Lipinski definition) is 0. The van der Waals surface area contributed by atoms with Crippen molar-refractivity contribution in [2.45, 2.75) is 19.5 Å². The van der Waals surface area contributed by atoms with Gasteiger partial charge in [-0.15, -0.1) is 0 Å². The lowest BCUT2D eigenvalue weighted by Crippen LogP contribution is -2.53. The summed E-state index contributed by atoms with van der Waals surface area (Å²) in [5.74, 6) is -1.92. The van der Waals surface area contributed by atoms with Gasteiger partial charge in [-0.1, -0.05) is 6.92 Å². The largest absolute Gasteiger partial charge is 0.471 e. The minimum absolute atomic E-state index is 0.0515. The lowest BCUT2D eigenvalue weighted by Gasteiger charge is -2.34. The maximum absolute atomic E-state index is 12.1. The van der Waals surface area contributed by atoms with Crippen molar-refractivity contribution in [2.75, 3.05) is 26.2 Å². The molecule has 1 fully saturated rings. The van der Waals surface area contributed by atoms with Crippen LogP contribution in [0.5, 0.6) is 0 Å². The van der Waals surface area contributed by atoms with Gasteiger partial charge in [0.15, 0.2) is 0 Å². The average Bonchev–Trinajstić information content (AvgIpc) is 2.26. The molecule has 0 spiro atoms. The molecule has 1 heterocycles. The predicted octanol–water partition coefficient (Wildman–Crippen LogP) is 0.629. The van der Waals surface area contributed by atoms with Crippen molar-refractivity contribution in [3.05, 3.63) is 0 Å². The normalized spacial score (nSPS) is 17.5. The van der Waals surface area contributed by atoms with E-state index in [1.54, 1.807) is 6.92 Å². The Kier molecular flexibility index (Phi) is 3.77. The fourth-order valence-electron chi connectivity index (χ4n) is 1.56. The number of hydrogen-bond acceptors (Lipinski definition) is 2. The molecule has 0 aromatic carbocycles. The molecule has 0 aromatic heterocycles. The van der Waals surface area contributed by atoms with E-state index in [0.717, 1.165) is 4.90 Å². The van der Waals surface area contributed by atoms with Gasteiger partial charge in [0.05, 0.1) is 0 Å². The molecule has 0 unspecified atom stereocenters. The summed E-state index contributed by atoms with van der Waals surface area (Å²) >= 11 is 0. The minimum Gasteiger partial charge on any atom is -0.339 e. The summed E-state index contributed by atoms with van der Waals surface area (Å²) in [4.78, 5) is 24.3. The van der Waals surface area contributed by atoms with Gasteiger partial charge in [0, 0.05) is 32.6 Å². The van der Waals surface area contributed by atoms with Crippen LogP contribution in [0.15, 0.2) is 0 Å². The van der Waals surface area contributed by atoms with Crippen molar-refractivity contribution >= 4 is 11.8 Å². The second-order valence-electron chi connectivity index (χ2n) is 3.52. The highest BCUT2D eigenvalue weighted by molar-refractivity contribution is 5.82. The predicted molar refractivity (Wildman–Crippen MR) is 49.5 cm³/mol. The highest BCUT2D eigenvalue weighted by Crippen LogP contribution is 2.19. The molecule has 0 bridgehead atoms. The third-order valence-corrected chi connectivity index (χ3v) is 2.46. The number of piperazine rings is 1. The fraction of sp³-hybridized carbons (Fsp3) is 0.778. The SMILES string of the molecule is CCC(=O)N1CCN(C(=O)C(F)(F)F)CC1. The first-order chi connectivity index (χ1) is 7.36. The summed E-state index contributed by atoms with van der Waals surface area (Å²) in [5.41, 5.74) is 0. The first-order valence-corrected chi connectivity index (χ1v) is 5.00. The Labute approximate surface area is 91.0 Å². The molecule has 0 N–H and O–H groups in total. The Morgan fingerprint density at radius 2 is 1.50 bits per heavy atom. The summed E-state index contributed by atoms with van der Waals surface area (Å²) in [6.07, 6.45) is -4.50. The standard InChI is InChI=1S/C9H13F3N2O2/c1-2-7(15)13-3-5-14(6-4-13)8(16)9(10,11)12/h2-6H2,1H3. The first-order valence-electron chi connectivity index (χ1n) is 5.00. The number of carbonyl (C=O) groups is 2. The maximum atomic E-state index is 12.1. The third kappa shape index (κ3) is 2.86. The Bertz CT molecular complexity index is 283. The molecule has 2 amide bonds. The molecule has 0 aromatic rings. The molecule has 1 aliphatic rings. The molecular weight excluding hydrogens is 225 g/mol. The van der Waals surface area contributed by atoms with Gasteiger partial charge in [-0.25, -0.2) is 0 Å². The van der Waals surface area contributed by atoms with Crippen molar-refractivity contribution < 1.29 is 22.8 Å². The quantitative estimate of drug-likeness (QED) is 0.672. The Hall–Kier alpha value is -1.27. The van der Waals surface area contributed by atoms with E-state index in [1.807, 2.05) is 0 Å². The number of alkyl halides is 3. The van der Waals surface area contributed by atoms with Crippen LogP contribution in [0.4, 0.5) is 13.2 Å². The molecule has 1 aliphatic heterocycles. The zero-order chi connectivity index (χ0) is 12.3. The maximum Gasteiger partial charge on any atom is 0.471 e. The summed E-state index contributed by atoms with van der Waals surface area (Å²) in [6.45, 7) is 1.94. The molecule has 0 atom stereocenters. The van der Waals surface area contributed by atoms with Gasteiger partial charge in [-0.3, -0.25) is 9.59 Å². The molecular formula is C9H13F3N2O2. The monoisotopic (exact) mass is 238 g/mol. The van der Waals surface area contributed by atoms with E-state index in [2.05, 4.69) is 0 Å². The van der Waals surface area contributed by atoms with E-state index in [-0.39, 0.29) is 32.1 Å². The molecule has 92 valence electrons. The van der Waals surface area contributed by atoms with Crippen LogP contribution in [-0.2, 0) is 9.59 Å². The van der Waals surface area contributed by atoms with E-state index in [4.69, 9.17) is 0 Å². The average molecular weight is 238 g/mol. The summed E-state index contributed by atoms with van der Waals surface area (Å²) in [5, 5.41) is 0. The molecule has 1 saturated heterocycles. The van der Waals surface area contributed by atoms with Gasteiger partial charge in [-0.2, -0.15) is 13.2 Å². The van der Waals surface area contributed by atoms with E-state index in [1.165, 1.54) is 4.90 Å². The van der Waals surface area contributed by atoms with E-state index >= 15 is 0 Å². The van der Waals surface area contributed by atoms with Crippen molar-refractivity contribution in [3.63, 3.8) is 0 Å². The molecule has 1 rings (SSSR count). The highest BCUT2D eigenvalue weighted by atomic mass is 19.4. The lowest BCUT2D eigenvalue weighted by molar-refractivity contribution is -0.187. The fourth-order valence-corrected chi connectivity index (χ4v) is 1.56. The molecule has 0 saturated carbocycles. The lowest BCUT2D eigenvalue weighted by atomic mass is 10.3. The van der Waals surface area contributed by atoms with E-state index < -0.39 is 12.1 Å². The summed E-state index contributed by atoms with van der Waals surface area (Å²) in [7, 11) is 0. The van der Waals surface area contributed by atoms with Gasteiger partial charge >= 0.3 is 12.1 Å². The first kappa shape index (κ1) is 12.8. The van der Waals surface area contributed by atoms with Gasteiger partial charge in [0.25, 0.3) is 0 Å². The summed E-state index contributed by atoms with van der Waals surface area (Å²) < 4.78 is 36.3. The number of rotatable bonds is 1. The van der Waals surface area contributed by atoms with Gasteiger partial charge < -0.3 is 9.80 Å². The second kappa shape index (κ2) is 4.71. The summed E-state index contributed by atoms with van der Waals surface area (Å²) in [6, 6.07) is 0. The molecule has 0 radical (unpaired) electrons. The zero-order valence-electron chi connectivity index (χ0n) is 8.88. The number of amides is 2. The van der Waals surface area contributed by atoms with E-state index in [9.17, 15) is 22.8 Å². The van der Waals surface area contributed by atoms with Crippen LogP contribution in [-0.4, -0.2) is 54.0 Å². The molecule has 4 nitrogen and oxygen atoms in total. The van der Waals surface area contributed by atoms with Gasteiger partial charge in [-0.05, 0) is 0 Å². The Morgan fingerprint density at radius 3 is 1.88 bits per heavy atom. The Balaban J connectivity index is 2.49. The topological polar surface area (TPSA) is 40.6 Å². The van der Waals surface area contributed by atoms with Crippen LogP contribution in [0.1, 0.15) is 13.3 Å².